The molecular weight excluding hydrogens is 556 g/mol. The quantitative estimate of drug-likeness (QED) is 0.352. The largest absolute Gasteiger partial charge is 0.365 e. The molecular formula is C29H32O9S2. The fourth-order valence-electron chi connectivity index (χ4n) is 4.98. The van der Waals surface area contributed by atoms with Crippen molar-refractivity contribution in [1.82, 2.24) is 0 Å². The highest BCUT2D eigenvalue weighted by Crippen LogP contribution is 2.41. The van der Waals surface area contributed by atoms with Crippen LogP contribution in [0, 0.1) is 13.8 Å². The molecule has 3 aromatic rings. The van der Waals surface area contributed by atoms with Crippen molar-refractivity contribution in [3.05, 3.63) is 95.6 Å². The maximum absolute atomic E-state index is 13.5. The van der Waals surface area contributed by atoms with Gasteiger partial charge in [0.05, 0.1) is 22.0 Å². The van der Waals surface area contributed by atoms with Crippen LogP contribution < -0.4 is 0 Å². The lowest BCUT2D eigenvalue weighted by Crippen LogP contribution is -2.62. The predicted molar refractivity (Wildman–Crippen MR) is 145 cm³/mol. The van der Waals surface area contributed by atoms with Gasteiger partial charge in [-0.25, -0.2) is 0 Å². The molecule has 0 unspecified atom stereocenters. The zero-order valence-corrected chi connectivity index (χ0v) is 24.0. The first-order valence-electron chi connectivity index (χ1n) is 13.0. The molecule has 2 fully saturated rings. The van der Waals surface area contributed by atoms with Crippen LogP contribution in [0.4, 0.5) is 0 Å². The maximum Gasteiger partial charge on any atom is 0.297 e. The average molecular weight is 589 g/mol. The molecule has 2 aliphatic rings. The van der Waals surface area contributed by atoms with E-state index >= 15 is 0 Å². The number of fused-ring (bicyclic) bond motifs is 1. The molecule has 0 amide bonds. The third-order valence-corrected chi connectivity index (χ3v) is 9.77. The summed E-state index contributed by atoms with van der Waals surface area (Å²) in [6, 6.07) is 21.8. The number of hydrogen-bond acceptors (Lipinski definition) is 9. The van der Waals surface area contributed by atoms with Crippen LogP contribution in [0.2, 0.25) is 0 Å². The third kappa shape index (κ3) is 6.15. The van der Waals surface area contributed by atoms with Gasteiger partial charge in [-0.05, 0) is 56.5 Å². The molecule has 0 aromatic heterocycles. The Hall–Kier alpha value is -2.64. The summed E-state index contributed by atoms with van der Waals surface area (Å²) in [6.07, 6.45) is -5.00. The number of aryl methyl sites for hydroxylation is 2. The first kappa shape index (κ1) is 28.9. The summed E-state index contributed by atoms with van der Waals surface area (Å²) < 4.78 is 83.1. The molecule has 40 heavy (non-hydrogen) atoms. The predicted octanol–water partition coefficient (Wildman–Crippen LogP) is 4.44. The van der Waals surface area contributed by atoms with Gasteiger partial charge >= 0.3 is 0 Å². The van der Waals surface area contributed by atoms with E-state index < -0.39 is 50.9 Å². The van der Waals surface area contributed by atoms with Gasteiger partial charge in [0.2, 0.25) is 0 Å². The number of methoxy groups -OCH3 is 1. The number of rotatable bonds is 8. The molecule has 0 radical (unpaired) electrons. The maximum atomic E-state index is 13.5. The van der Waals surface area contributed by atoms with Gasteiger partial charge in [-0.3, -0.25) is 8.37 Å². The van der Waals surface area contributed by atoms with E-state index in [-0.39, 0.29) is 15.9 Å². The Balaban J connectivity index is 1.53. The van der Waals surface area contributed by atoms with Crippen molar-refractivity contribution >= 4 is 20.2 Å². The van der Waals surface area contributed by atoms with E-state index in [1.54, 1.807) is 24.3 Å². The van der Waals surface area contributed by atoms with Crippen LogP contribution in [-0.2, 0) is 42.8 Å². The van der Waals surface area contributed by atoms with Crippen LogP contribution in [0.5, 0.6) is 0 Å². The van der Waals surface area contributed by atoms with Crippen molar-refractivity contribution in [3.8, 4) is 0 Å². The lowest BCUT2D eigenvalue weighted by Gasteiger charge is -2.48. The minimum Gasteiger partial charge on any atom is -0.365 e. The molecule has 0 saturated carbocycles. The van der Waals surface area contributed by atoms with Crippen LogP contribution in [0.1, 0.15) is 35.6 Å². The zero-order valence-electron chi connectivity index (χ0n) is 22.4. The van der Waals surface area contributed by atoms with Crippen LogP contribution in [-0.4, -0.2) is 54.7 Å². The Kier molecular flexibility index (Phi) is 8.44. The Labute approximate surface area is 235 Å². The summed E-state index contributed by atoms with van der Waals surface area (Å²) in [5, 5.41) is 0. The standard InChI is InChI=1S/C29H32O9S2/c1-19-9-13-22(14-10-19)39(30,31)37-27-26-25(18-17-24(35-26)21-7-5-4-6-8-21)36-29(34-3)28(27)38-40(32,33)23-15-11-20(2)12-16-23/h4-16,24-29H,17-18H2,1-3H3/t24-,25+,26-,27-,28+,29-/m0/s1. The molecule has 2 saturated heterocycles. The van der Waals surface area contributed by atoms with Gasteiger partial charge in [-0.1, -0.05) is 65.7 Å². The number of benzene rings is 3. The van der Waals surface area contributed by atoms with E-state index in [2.05, 4.69) is 0 Å². The molecule has 3 aromatic carbocycles. The van der Waals surface area contributed by atoms with Crippen molar-refractivity contribution in [2.75, 3.05) is 7.11 Å². The third-order valence-electron chi connectivity index (χ3n) is 7.12. The first-order chi connectivity index (χ1) is 19.1. The summed E-state index contributed by atoms with van der Waals surface area (Å²) >= 11 is 0. The Morgan fingerprint density at radius 1 is 0.675 bits per heavy atom. The lowest BCUT2D eigenvalue weighted by molar-refractivity contribution is -0.305. The van der Waals surface area contributed by atoms with E-state index in [9.17, 15) is 16.8 Å². The normalized spacial score (nSPS) is 27.2. The Morgan fingerprint density at radius 2 is 1.20 bits per heavy atom. The molecule has 0 aliphatic carbocycles. The number of ether oxygens (including phenoxy) is 3. The Bertz CT molecular complexity index is 1510. The topological polar surface area (TPSA) is 114 Å². The highest BCUT2D eigenvalue weighted by Gasteiger charge is 2.54. The van der Waals surface area contributed by atoms with Crippen molar-refractivity contribution in [2.45, 2.75) is 73.3 Å². The van der Waals surface area contributed by atoms with Gasteiger partial charge in [-0.2, -0.15) is 16.8 Å². The first-order valence-corrected chi connectivity index (χ1v) is 15.8. The van der Waals surface area contributed by atoms with Crippen LogP contribution in [0.15, 0.2) is 88.7 Å². The fraction of sp³-hybridized carbons (Fsp3) is 0.379. The van der Waals surface area contributed by atoms with E-state index in [4.69, 9.17) is 22.6 Å². The Morgan fingerprint density at radius 3 is 1.73 bits per heavy atom. The smallest absolute Gasteiger partial charge is 0.297 e. The highest BCUT2D eigenvalue weighted by molar-refractivity contribution is 7.87. The number of hydrogen-bond donors (Lipinski definition) is 0. The fourth-order valence-corrected chi connectivity index (χ4v) is 7.14. The zero-order chi connectivity index (χ0) is 28.5. The SMILES string of the molecule is CO[C@H]1O[C@@H]2CC[C@@H](c3ccccc3)O[C@@H]2[C@H](OS(=O)(=O)c2ccc(C)cc2)[C@H]1OS(=O)(=O)c1ccc(C)cc1. The molecule has 0 spiro atoms. The van der Waals surface area contributed by atoms with Gasteiger partial charge in [0, 0.05) is 7.11 Å². The second-order valence-electron chi connectivity index (χ2n) is 10.0. The summed E-state index contributed by atoms with van der Waals surface area (Å²) in [6.45, 7) is 3.67. The molecule has 11 heteroatoms. The van der Waals surface area contributed by atoms with Crippen LogP contribution in [0.25, 0.3) is 0 Å². The van der Waals surface area contributed by atoms with Crippen molar-refractivity contribution in [1.29, 1.82) is 0 Å². The van der Waals surface area contributed by atoms with E-state index in [0.29, 0.717) is 12.8 Å². The molecule has 2 aliphatic heterocycles. The average Bonchev–Trinajstić information content (AvgIpc) is 2.94. The lowest BCUT2D eigenvalue weighted by atomic mass is 9.90. The van der Waals surface area contributed by atoms with Crippen LogP contribution in [0.3, 0.4) is 0 Å². The molecule has 2 heterocycles. The van der Waals surface area contributed by atoms with E-state index in [1.807, 2.05) is 44.2 Å². The van der Waals surface area contributed by atoms with Gasteiger partial charge in [0.25, 0.3) is 20.2 Å². The minimum atomic E-state index is -4.37. The molecule has 5 rings (SSSR count). The summed E-state index contributed by atoms with van der Waals surface area (Å²) in [5.74, 6) is 0. The van der Waals surface area contributed by atoms with E-state index in [1.165, 1.54) is 31.4 Å². The van der Waals surface area contributed by atoms with Crippen molar-refractivity contribution in [3.63, 3.8) is 0 Å². The summed E-state index contributed by atoms with van der Waals surface area (Å²) in [7, 11) is -7.40. The summed E-state index contributed by atoms with van der Waals surface area (Å²) in [5.41, 5.74) is 2.64. The second-order valence-corrected chi connectivity index (χ2v) is 13.2. The van der Waals surface area contributed by atoms with Gasteiger partial charge in [-0.15, -0.1) is 0 Å². The van der Waals surface area contributed by atoms with E-state index in [0.717, 1.165) is 16.7 Å². The van der Waals surface area contributed by atoms with Gasteiger partial charge in [0.15, 0.2) is 12.4 Å². The van der Waals surface area contributed by atoms with Crippen molar-refractivity contribution in [2.24, 2.45) is 0 Å². The minimum absolute atomic E-state index is 0.0781. The molecule has 214 valence electrons. The second kappa shape index (κ2) is 11.7. The molecule has 0 N–H and O–H groups in total. The molecule has 6 atom stereocenters. The van der Waals surface area contributed by atoms with Gasteiger partial charge < -0.3 is 14.2 Å². The van der Waals surface area contributed by atoms with Crippen LogP contribution >= 0.6 is 0 Å². The van der Waals surface area contributed by atoms with Gasteiger partial charge in [0.1, 0.15) is 12.2 Å². The highest BCUT2D eigenvalue weighted by atomic mass is 32.2. The van der Waals surface area contributed by atoms with Crippen molar-refractivity contribution < 1.29 is 39.4 Å². The molecule has 9 nitrogen and oxygen atoms in total. The monoisotopic (exact) mass is 588 g/mol. The summed E-state index contributed by atoms with van der Waals surface area (Å²) in [4.78, 5) is -0.174. The molecule has 0 bridgehead atoms.